The molecule has 0 aromatic rings. The summed E-state index contributed by atoms with van der Waals surface area (Å²) in [6, 6.07) is 0. The quantitative estimate of drug-likeness (QED) is 0.462. The van der Waals surface area contributed by atoms with Crippen molar-refractivity contribution in [2.24, 2.45) is 35.0 Å². The van der Waals surface area contributed by atoms with Gasteiger partial charge in [-0.2, -0.15) is 0 Å². The maximum absolute atomic E-state index is 12.0. The third-order valence-corrected chi connectivity index (χ3v) is 7.71. The molecular weight excluding hydrogens is 324 g/mol. The molecule has 0 aromatic heterocycles. The van der Waals surface area contributed by atoms with Gasteiger partial charge in [-0.25, -0.2) is 4.79 Å². The van der Waals surface area contributed by atoms with E-state index in [0.29, 0.717) is 29.6 Å². The van der Waals surface area contributed by atoms with Crippen LogP contribution in [0.15, 0.2) is 23.8 Å². The van der Waals surface area contributed by atoms with Gasteiger partial charge in [0.25, 0.3) is 0 Å². The molecular formula is C23H36O3. The van der Waals surface area contributed by atoms with Gasteiger partial charge in [-0.15, -0.1) is 0 Å². The highest BCUT2D eigenvalue weighted by Crippen LogP contribution is 2.63. The number of carbonyl (C=O) groups is 1. The Hall–Kier alpha value is -1.09. The summed E-state index contributed by atoms with van der Waals surface area (Å²) in [7, 11) is 1.67. The van der Waals surface area contributed by atoms with Gasteiger partial charge in [0.2, 0.25) is 5.79 Å². The molecule has 2 fully saturated rings. The van der Waals surface area contributed by atoms with E-state index < -0.39 is 5.79 Å². The zero-order valence-electron chi connectivity index (χ0n) is 17.4. The molecule has 1 heterocycles. The predicted molar refractivity (Wildman–Crippen MR) is 104 cm³/mol. The first-order valence-corrected chi connectivity index (χ1v) is 10.5. The summed E-state index contributed by atoms with van der Waals surface area (Å²) >= 11 is 0. The third-order valence-electron chi connectivity index (χ3n) is 7.71. The number of hydrogen-bond donors (Lipinski definition) is 0. The Bertz CT molecular complexity index is 605. The Morgan fingerprint density at radius 2 is 2.00 bits per heavy atom. The smallest absolute Gasteiger partial charge is 0.333 e. The second kappa shape index (κ2) is 7.14. The van der Waals surface area contributed by atoms with Crippen molar-refractivity contribution in [3.8, 4) is 0 Å². The van der Waals surface area contributed by atoms with Crippen molar-refractivity contribution in [1.29, 1.82) is 0 Å². The van der Waals surface area contributed by atoms with Gasteiger partial charge in [0.1, 0.15) is 0 Å². The highest BCUT2D eigenvalue weighted by molar-refractivity contribution is 5.86. The van der Waals surface area contributed by atoms with E-state index in [9.17, 15) is 4.79 Å². The highest BCUT2D eigenvalue weighted by Gasteiger charge is 2.60. The van der Waals surface area contributed by atoms with Crippen LogP contribution in [0.3, 0.4) is 0 Å². The third kappa shape index (κ3) is 3.06. The SMILES string of the molecule is CCC(C=CC(C)C1CCC2C3=CC(=O)OC3(OC)CCC21C)C(C)C. The van der Waals surface area contributed by atoms with Gasteiger partial charge < -0.3 is 9.47 Å². The molecule has 0 saturated heterocycles. The lowest BCUT2D eigenvalue weighted by atomic mass is 9.59. The number of esters is 1. The van der Waals surface area contributed by atoms with Crippen LogP contribution in [0.2, 0.25) is 0 Å². The molecule has 0 aromatic carbocycles. The first-order valence-electron chi connectivity index (χ1n) is 10.5. The molecule has 1 aliphatic heterocycles. The Labute approximate surface area is 159 Å². The summed E-state index contributed by atoms with van der Waals surface area (Å²) in [6.07, 6.45) is 12.0. The normalized spacial score (nSPS) is 38.9. The lowest BCUT2D eigenvalue weighted by Gasteiger charge is -2.48. The van der Waals surface area contributed by atoms with Gasteiger partial charge in [-0.1, -0.05) is 46.8 Å². The summed E-state index contributed by atoms with van der Waals surface area (Å²) < 4.78 is 11.3. The van der Waals surface area contributed by atoms with Crippen LogP contribution in [0.4, 0.5) is 0 Å². The van der Waals surface area contributed by atoms with Crippen LogP contribution in [0, 0.1) is 35.0 Å². The predicted octanol–water partition coefficient (Wildman–Crippen LogP) is 5.51. The van der Waals surface area contributed by atoms with Crippen LogP contribution in [0.5, 0.6) is 0 Å². The molecule has 6 unspecified atom stereocenters. The minimum absolute atomic E-state index is 0.227. The minimum atomic E-state index is -0.778. The summed E-state index contributed by atoms with van der Waals surface area (Å²) in [5.41, 5.74) is 1.33. The molecule has 0 bridgehead atoms. The zero-order chi connectivity index (χ0) is 19.1. The summed E-state index contributed by atoms with van der Waals surface area (Å²) in [4.78, 5) is 12.0. The van der Waals surface area contributed by atoms with Crippen LogP contribution in [0.1, 0.15) is 66.7 Å². The Balaban J connectivity index is 1.80. The first-order chi connectivity index (χ1) is 12.3. The van der Waals surface area contributed by atoms with Gasteiger partial charge in [0.05, 0.1) is 0 Å². The molecule has 0 radical (unpaired) electrons. The van der Waals surface area contributed by atoms with E-state index in [2.05, 4.69) is 46.8 Å². The molecule has 3 nitrogen and oxygen atoms in total. The van der Waals surface area contributed by atoms with E-state index in [1.54, 1.807) is 13.2 Å². The van der Waals surface area contributed by atoms with E-state index in [-0.39, 0.29) is 11.4 Å². The van der Waals surface area contributed by atoms with Crippen LogP contribution < -0.4 is 0 Å². The molecule has 146 valence electrons. The monoisotopic (exact) mass is 360 g/mol. The summed E-state index contributed by atoms with van der Waals surface area (Å²) in [6.45, 7) is 11.7. The van der Waals surface area contributed by atoms with Crippen LogP contribution >= 0.6 is 0 Å². The fraction of sp³-hybridized carbons (Fsp3) is 0.783. The van der Waals surface area contributed by atoms with Crippen molar-refractivity contribution in [3.63, 3.8) is 0 Å². The molecule has 0 amide bonds. The Kier molecular flexibility index (Phi) is 5.40. The molecule has 3 aliphatic rings. The number of methoxy groups -OCH3 is 1. The number of fused-ring (bicyclic) bond motifs is 3. The molecule has 2 saturated carbocycles. The lowest BCUT2D eigenvalue weighted by Crippen LogP contribution is -2.47. The second-order valence-electron chi connectivity index (χ2n) is 9.28. The van der Waals surface area contributed by atoms with Gasteiger partial charge in [-0.3, -0.25) is 0 Å². The van der Waals surface area contributed by atoms with Crippen LogP contribution in [-0.4, -0.2) is 18.9 Å². The van der Waals surface area contributed by atoms with Crippen molar-refractivity contribution in [3.05, 3.63) is 23.8 Å². The zero-order valence-corrected chi connectivity index (χ0v) is 17.4. The van der Waals surface area contributed by atoms with E-state index in [0.717, 1.165) is 24.8 Å². The average molecular weight is 361 g/mol. The number of allylic oxidation sites excluding steroid dienone is 2. The first kappa shape index (κ1) is 19.7. The second-order valence-corrected chi connectivity index (χ2v) is 9.28. The highest BCUT2D eigenvalue weighted by atomic mass is 16.7. The fourth-order valence-electron chi connectivity index (χ4n) is 6.02. The van der Waals surface area contributed by atoms with Gasteiger partial charge >= 0.3 is 5.97 Å². The van der Waals surface area contributed by atoms with Crippen molar-refractivity contribution >= 4 is 5.97 Å². The van der Waals surface area contributed by atoms with Crippen molar-refractivity contribution < 1.29 is 14.3 Å². The molecule has 3 rings (SSSR count). The van der Waals surface area contributed by atoms with Crippen molar-refractivity contribution in [1.82, 2.24) is 0 Å². The van der Waals surface area contributed by atoms with E-state index in [1.165, 1.54) is 12.8 Å². The molecule has 2 aliphatic carbocycles. The average Bonchev–Trinajstić information content (AvgIpc) is 3.11. The molecule has 0 N–H and O–H groups in total. The molecule has 6 atom stereocenters. The largest absolute Gasteiger partial charge is 0.426 e. The van der Waals surface area contributed by atoms with Gasteiger partial charge in [0.15, 0.2) is 0 Å². The van der Waals surface area contributed by atoms with Crippen molar-refractivity contribution in [2.45, 2.75) is 72.5 Å². The summed E-state index contributed by atoms with van der Waals surface area (Å²) in [5, 5.41) is 0. The van der Waals surface area contributed by atoms with Gasteiger partial charge in [-0.05, 0) is 60.7 Å². The van der Waals surface area contributed by atoms with Crippen LogP contribution in [0.25, 0.3) is 0 Å². The maximum Gasteiger partial charge on any atom is 0.333 e. The Morgan fingerprint density at radius 1 is 1.27 bits per heavy atom. The standard InChI is InChI=1S/C23H36O3/c1-7-17(15(2)3)9-8-16(4)18-10-11-19-20-14-21(24)26-23(20,25-6)13-12-22(18,19)5/h8-9,14-19H,7,10-13H2,1-6H3. The number of ether oxygens (including phenoxy) is 2. The van der Waals surface area contributed by atoms with E-state index in [1.807, 2.05) is 0 Å². The lowest BCUT2D eigenvalue weighted by molar-refractivity contribution is -0.208. The number of hydrogen-bond acceptors (Lipinski definition) is 3. The molecule has 26 heavy (non-hydrogen) atoms. The maximum atomic E-state index is 12.0. The van der Waals surface area contributed by atoms with Crippen LogP contribution in [-0.2, 0) is 14.3 Å². The summed E-state index contributed by atoms with van der Waals surface area (Å²) in [5.74, 6) is 1.96. The minimum Gasteiger partial charge on any atom is -0.426 e. The number of rotatable bonds is 6. The Morgan fingerprint density at radius 3 is 2.62 bits per heavy atom. The fourth-order valence-corrected chi connectivity index (χ4v) is 6.02. The molecule has 0 spiro atoms. The van der Waals surface area contributed by atoms with E-state index in [4.69, 9.17) is 9.47 Å². The topological polar surface area (TPSA) is 35.5 Å². The van der Waals surface area contributed by atoms with E-state index >= 15 is 0 Å². The molecule has 3 heteroatoms. The van der Waals surface area contributed by atoms with Crippen molar-refractivity contribution in [2.75, 3.05) is 7.11 Å². The van der Waals surface area contributed by atoms with Gasteiger partial charge in [0, 0.05) is 25.2 Å². The number of carbonyl (C=O) groups excluding carboxylic acids is 1.